The normalized spacial score (nSPS) is 27.0. The Morgan fingerprint density at radius 2 is 1.88 bits per heavy atom. The Morgan fingerprint density at radius 1 is 1.12 bits per heavy atom. The molecule has 5 rings (SSSR count). The van der Waals surface area contributed by atoms with Crippen molar-refractivity contribution in [2.24, 2.45) is 17.3 Å². The van der Waals surface area contributed by atoms with Gasteiger partial charge in [-0.15, -0.1) is 0 Å². The van der Waals surface area contributed by atoms with Crippen LogP contribution in [0.15, 0.2) is 18.2 Å². The first-order valence-corrected chi connectivity index (χ1v) is 15.5. The lowest BCUT2D eigenvalue weighted by atomic mass is 9.73. The van der Waals surface area contributed by atoms with Crippen LogP contribution >= 0.6 is 0 Å². The first kappa shape index (κ1) is 29.8. The van der Waals surface area contributed by atoms with Gasteiger partial charge in [0.25, 0.3) is 5.91 Å². The number of carbonyl (C=O) groups is 3. The maximum Gasteiger partial charge on any atom is 0.270 e. The Kier molecular flexibility index (Phi) is 8.67. The molecule has 3 fully saturated rings. The second kappa shape index (κ2) is 11.9. The summed E-state index contributed by atoms with van der Waals surface area (Å²) in [6, 6.07) is 6.06. The molecule has 0 bridgehead atoms. The molecule has 1 aromatic carbocycles. The number of ether oxygens (including phenoxy) is 2. The highest BCUT2D eigenvalue weighted by Gasteiger charge is 2.44. The molecule has 1 aromatic rings. The van der Waals surface area contributed by atoms with Crippen LogP contribution < -0.4 is 25.2 Å². The standard InChI is InChI=1S/C32H48N4O5/c1-31(2)14-7-6-9-27(31)34-28(37)21-17-22(20-33-19-21)29(38)36(23-10-11-23)24-12-13-26-25(18-24)35(15-8-16-40-5)30(39)32(3,4)41-26/h12-13,18,21-23,27,33H,6-11,14-17,19-20H2,1-5H3,(H,34,37)/t21-,22+,27-/m0/s1. The fourth-order valence-electron chi connectivity index (χ4n) is 6.72. The van der Waals surface area contributed by atoms with Crippen molar-refractivity contribution in [2.45, 2.75) is 96.7 Å². The summed E-state index contributed by atoms with van der Waals surface area (Å²) < 4.78 is 11.3. The summed E-state index contributed by atoms with van der Waals surface area (Å²) in [5, 5.41) is 6.72. The number of nitrogens with one attached hydrogen (secondary N) is 2. The average Bonchev–Trinajstić information content (AvgIpc) is 3.77. The minimum Gasteiger partial charge on any atom is -0.476 e. The summed E-state index contributed by atoms with van der Waals surface area (Å²) in [6.45, 7) is 10.3. The summed E-state index contributed by atoms with van der Waals surface area (Å²) in [5.74, 6) is 0.126. The molecule has 226 valence electrons. The molecule has 2 saturated carbocycles. The molecule has 2 aliphatic carbocycles. The van der Waals surface area contributed by atoms with Crippen molar-refractivity contribution in [2.75, 3.05) is 43.2 Å². The Balaban J connectivity index is 1.33. The van der Waals surface area contributed by atoms with Gasteiger partial charge in [-0.1, -0.05) is 26.7 Å². The lowest BCUT2D eigenvalue weighted by Gasteiger charge is -2.40. The number of hydrogen-bond acceptors (Lipinski definition) is 6. The third-order valence-electron chi connectivity index (χ3n) is 9.41. The van der Waals surface area contributed by atoms with Crippen molar-refractivity contribution in [3.63, 3.8) is 0 Å². The number of carbonyl (C=O) groups excluding carboxylic acids is 3. The third-order valence-corrected chi connectivity index (χ3v) is 9.41. The highest BCUT2D eigenvalue weighted by atomic mass is 16.5. The molecular formula is C32H48N4O5. The van der Waals surface area contributed by atoms with Gasteiger partial charge in [0.1, 0.15) is 5.75 Å². The van der Waals surface area contributed by atoms with Crippen molar-refractivity contribution in [3.05, 3.63) is 18.2 Å². The number of hydrogen-bond donors (Lipinski definition) is 2. The molecule has 2 N–H and O–H groups in total. The lowest BCUT2D eigenvalue weighted by molar-refractivity contribution is -0.132. The van der Waals surface area contributed by atoms with Crippen LogP contribution in [0.25, 0.3) is 0 Å². The van der Waals surface area contributed by atoms with Crippen molar-refractivity contribution in [1.29, 1.82) is 0 Å². The van der Waals surface area contributed by atoms with Gasteiger partial charge in [-0.2, -0.15) is 0 Å². The highest BCUT2D eigenvalue weighted by Crippen LogP contribution is 2.43. The first-order valence-electron chi connectivity index (χ1n) is 15.5. The number of fused-ring (bicyclic) bond motifs is 1. The van der Waals surface area contributed by atoms with E-state index < -0.39 is 5.60 Å². The van der Waals surface area contributed by atoms with Gasteiger partial charge < -0.3 is 29.9 Å². The summed E-state index contributed by atoms with van der Waals surface area (Å²) in [5.41, 5.74) is 0.595. The number of piperidine rings is 1. The number of benzene rings is 1. The summed E-state index contributed by atoms with van der Waals surface area (Å²) in [7, 11) is 1.65. The topological polar surface area (TPSA) is 100 Å². The van der Waals surface area contributed by atoms with Gasteiger partial charge in [-0.05, 0) is 76.0 Å². The van der Waals surface area contributed by atoms with Crippen molar-refractivity contribution in [3.8, 4) is 5.75 Å². The summed E-state index contributed by atoms with van der Waals surface area (Å²) in [6.07, 6.45) is 7.63. The summed E-state index contributed by atoms with van der Waals surface area (Å²) in [4.78, 5) is 44.5. The van der Waals surface area contributed by atoms with Crippen LogP contribution in [-0.4, -0.2) is 68.8 Å². The smallest absolute Gasteiger partial charge is 0.270 e. The van der Waals surface area contributed by atoms with Gasteiger partial charge in [0.15, 0.2) is 5.60 Å². The van der Waals surface area contributed by atoms with E-state index in [1.165, 1.54) is 6.42 Å². The molecule has 0 unspecified atom stereocenters. The number of methoxy groups -OCH3 is 1. The van der Waals surface area contributed by atoms with Crippen LogP contribution in [0.4, 0.5) is 11.4 Å². The molecule has 9 heteroatoms. The predicted molar refractivity (Wildman–Crippen MR) is 159 cm³/mol. The minimum absolute atomic E-state index is 0.0461. The molecule has 2 heterocycles. The highest BCUT2D eigenvalue weighted by molar-refractivity contribution is 6.04. The third kappa shape index (κ3) is 6.41. The van der Waals surface area contributed by atoms with Gasteiger partial charge in [0.2, 0.25) is 11.8 Å². The average molecular weight is 569 g/mol. The second-order valence-electron chi connectivity index (χ2n) is 13.6. The molecule has 41 heavy (non-hydrogen) atoms. The number of rotatable bonds is 9. The second-order valence-corrected chi connectivity index (χ2v) is 13.6. The molecule has 2 aliphatic heterocycles. The van der Waals surface area contributed by atoms with E-state index in [2.05, 4.69) is 24.5 Å². The minimum atomic E-state index is -0.968. The Bertz CT molecular complexity index is 1150. The zero-order valence-electron chi connectivity index (χ0n) is 25.5. The lowest BCUT2D eigenvalue weighted by Crippen LogP contribution is -2.54. The van der Waals surface area contributed by atoms with Crippen LogP contribution in [0, 0.1) is 17.3 Å². The maximum absolute atomic E-state index is 14.1. The fraction of sp³-hybridized carbons (Fsp3) is 0.719. The fourth-order valence-corrected chi connectivity index (χ4v) is 6.72. The SMILES string of the molecule is COCCCN1C(=O)C(C)(C)Oc2ccc(N(C(=O)[C@H]3CNC[C@@H](C(=O)N[C@H]4CCCCC4(C)C)C3)C3CC3)cc21. The Morgan fingerprint density at radius 3 is 2.59 bits per heavy atom. The van der Waals surface area contributed by atoms with Crippen molar-refractivity contribution in [1.82, 2.24) is 10.6 Å². The molecule has 0 radical (unpaired) electrons. The van der Waals surface area contributed by atoms with E-state index in [1.54, 1.807) is 25.9 Å². The number of nitrogens with zero attached hydrogens (tertiary/aromatic N) is 2. The molecule has 4 aliphatic rings. The number of anilines is 2. The van der Waals surface area contributed by atoms with Gasteiger partial charge in [-0.25, -0.2) is 0 Å². The van der Waals surface area contributed by atoms with E-state index in [1.807, 2.05) is 23.1 Å². The first-order chi connectivity index (χ1) is 19.5. The molecule has 1 saturated heterocycles. The van der Waals surface area contributed by atoms with Crippen LogP contribution in [0.5, 0.6) is 5.75 Å². The molecule has 3 amide bonds. The molecule has 3 atom stereocenters. The molecular weight excluding hydrogens is 520 g/mol. The van der Waals surface area contributed by atoms with Gasteiger partial charge in [-0.3, -0.25) is 14.4 Å². The van der Waals surface area contributed by atoms with Crippen LogP contribution in [0.2, 0.25) is 0 Å². The maximum atomic E-state index is 14.1. The molecule has 0 aromatic heterocycles. The largest absolute Gasteiger partial charge is 0.476 e. The van der Waals surface area contributed by atoms with E-state index in [-0.39, 0.29) is 47.1 Å². The number of amides is 3. The summed E-state index contributed by atoms with van der Waals surface area (Å²) >= 11 is 0. The molecule has 9 nitrogen and oxygen atoms in total. The zero-order valence-corrected chi connectivity index (χ0v) is 25.5. The molecule has 0 spiro atoms. The van der Waals surface area contributed by atoms with Crippen LogP contribution in [0.1, 0.15) is 79.1 Å². The van der Waals surface area contributed by atoms with E-state index in [0.29, 0.717) is 50.5 Å². The van der Waals surface area contributed by atoms with Crippen molar-refractivity contribution >= 4 is 29.1 Å². The van der Waals surface area contributed by atoms with Crippen molar-refractivity contribution < 1.29 is 23.9 Å². The van der Waals surface area contributed by atoms with E-state index in [0.717, 1.165) is 37.8 Å². The monoisotopic (exact) mass is 568 g/mol. The van der Waals surface area contributed by atoms with Gasteiger partial charge in [0.05, 0.1) is 17.5 Å². The van der Waals surface area contributed by atoms with Crippen LogP contribution in [0.3, 0.4) is 0 Å². The van der Waals surface area contributed by atoms with E-state index >= 15 is 0 Å². The van der Waals surface area contributed by atoms with Gasteiger partial charge in [0, 0.05) is 51.1 Å². The van der Waals surface area contributed by atoms with E-state index in [4.69, 9.17) is 9.47 Å². The predicted octanol–water partition coefficient (Wildman–Crippen LogP) is 4.03. The van der Waals surface area contributed by atoms with E-state index in [9.17, 15) is 14.4 Å². The Hall–Kier alpha value is -2.65. The van der Waals surface area contributed by atoms with Crippen LogP contribution in [-0.2, 0) is 19.1 Å². The van der Waals surface area contributed by atoms with Gasteiger partial charge >= 0.3 is 0 Å². The Labute approximate surface area is 244 Å². The quantitative estimate of drug-likeness (QED) is 0.437. The zero-order chi connectivity index (χ0) is 29.4.